The van der Waals surface area contributed by atoms with Crippen LogP contribution in [0.3, 0.4) is 0 Å². The van der Waals surface area contributed by atoms with E-state index < -0.39 is 0 Å². The molecule has 0 fully saturated rings. The Morgan fingerprint density at radius 2 is 2.10 bits per heavy atom. The first-order valence-corrected chi connectivity index (χ1v) is 7.59. The van der Waals surface area contributed by atoms with Crippen molar-refractivity contribution in [1.82, 2.24) is 4.90 Å². The summed E-state index contributed by atoms with van der Waals surface area (Å²) in [5, 5.41) is 0. The van der Waals surface area contributed by atoms with Crippen LogP contribution in [0, 0.1) is 5.92 Å². The average Bonchev–Trinajstić information content (AvgIpc) is 2.43. The van der Waals surface area contributed by atoms with E-state index in [1.165, 1.54) is 5.56 Å². The molecule has 2 heteroatoms. The van der Waals surface area contributed by atoms with Gasteiger partial charge in [0.1, 0.15) is 0 Å². The fraction of sp³-hybridized carbons (Fsp3) is 0.500. The number of hydrogen-bond donors (Lipinski definition) is 0. The maximum absolute atomic E-state index is 12.6. The van der Waals surface area contributed by atoms with Gasteiger partial charge in [-0.25, -0.2) is 0 Å². The van der Waals surface area contributed by atoms with Gasteiger partial charge >= 0.3 is 0 Å². The standard InChI is InChI=1S/C18H25NO/c1-5-7-16-11-19(4)12-17(18(16)20)15-9-6-8-14(10-15)13(2)3/h6,8-10,12-13,16H,5,7,11H2,1-4H3. The molecular formula is C18H25NO. The summed E-state index contributed by atoms with van der Waals surface area (Å²) in [6.07, 6.45) is 4.04. The van der Waals surface area contributed by atoms with Gasteiger partial charge in [0, 0.05) is 31.3 Å². The highest BCUT2D eigenvalue weighted by atomic mass is 16.1. The Labute approximate surface area is 122 Å². The first-order valence-electron chi connectivity index (χ1n) is 7.59. The van der Waals surface area contributed by atoms with Gasteiger partial charge in [0.25, 0.3) is 0 Å². The van der Waals surface area contributed by atoms with E-state index in [2.05, 4.69) is 57.0 Å². The maximum atomic E-state index is 12.6. The molecular weight excluding hydrogens is 246 g/mol. The molecule has 0 bridgehead atoms. The molecule has 1 aromatic rings. The summed E-state index contributed by atoms with van der Waals surface area (Å²) in [4.78, 5) is 14.8. The van der Waals surface area contributed by atoms with Crippen molar-refractivity contribution in [3.8, 4) is 0 Å². The zero-order valence-electron chi connectivity index (χ0n) is 13.0. The van der Waals surface area contributed by atoms with Crippen molar-refractivity contribution in [3.63, 3.8) is 0 Å². The minimum atomic E-state index is 0.146. The highest BCUT2D eigenvalue weighted by Gasteiger charge is 2.27. The molecule has 0 N–H and O–H groups in total. The molecule has 1 aromatic carbocycles. The van der Waals surface area contributed by atoms with Gasteiger partial charge in [-0.15, -0.1) is 0 Å². The van der Waals surface area contributed by atoms with Crippen LogP contribution in [0.25, 0.3) is 5.57 Å². The number of benzene rings is 1. The highest BCUT2D eigenvalue weighted by Crippen LogP contribution is 2.28. The average molecular weight is 271 g/mol. The first kappa shape index (κ1) is 14.8. The lowest BCUT2D eigenvalue weighted by Crippen LogP contribution is -2.33. The lowest BCUT2D eigenvalue weighted by molar-refractivity contribution is -0.118. The Kier molecular flexibility index (Phi) is 4.64. The molecule has 1 aliphatic heterocycles. The molecule has 0 radical (unpaired) electrons. The van der Waals surface area contributed by atoms with Crippen LogP contribution < -0.4 is 0 Å². The summed E-state index contributed by atoms with van der Waals surface area (Å²) >= 11 is 0. The summed E-state index contributed by atoms with van der Waals surface area (Å²) in [5.41, 5.74) is 3.23. The Hall–Kier alpha value is -1.57. The van der Waals surface area contributed by atoms with Crippen LogP contribution in [-0.2, 0) is 4.79 Å². The van der Waals surface area contributed by atoms with Crippen LogP contribution in [0.2, 0.25) is 0 Å². The second kappa shape index (κ2) is 6.25. The van der Waals surface area contributed by atoms with E-state index in [9.17, 15) is 4.79 Å². The molecule has 0 aromatic heterocycles. The number of hydrogen-bond acceptors (Lipinski definition) is 2. The summed E-state index contributed by atoms with van der Waals surface area (Å²) in [7, 11) is 2.06. The van der Waals surface area contributed by atoms with Crippen molar-refractivity contribution >= 4 is 11.4 Å². The molecule has 1 heterocycles. The zero-order valence-corrected chi connectivity index (χ0v) is 13.0. The van der Waals surface area contributed by atoms with Gasteiger partial charge in [-0.2, -0.15) is 0 Å². The summed E-state index contributed by atoms with van der Waals surface area (Å²) in [6.45, 7) is 7.36. The third-order valence-corrected chi connectivity index (χ3v) is 4.00. The molecule has 108 valence electrons. The SMILES string of the molecule is CCCC1CN(C)C=C(c2cccc(C(C)C)c2)C1=O. The van der Waals surface area contributed by atoms with Gasteiger partial charge in [-0.3, -0.25) is 4.79 Å². The van der Waals surface area contributed by atoms with E-state index in [-0.39, 0.29) is 5.92 Å². The topological polar surface area (TPSA) is 20.3 Å². The molecule has 0 saturated heterocycles. The van der Waals surface area contributed by atoms with Crippen molar-refractivity contribution < 1.29 is 4.79 Å². The number of nitrogens with zero attached hydrogens (tertiary/aromatic N) is 1. The van der Waals surface area contributed by atoms with Crippen molar-refractivity contribution in [2.24, 2.45) is 5.92 Å². The molecule has 20 heavy (non-hydrogen) atoms. The Balaban J connectivity index is 2.35. The first-order chi connectivity index (χ1) is 9.52. The van der Waals surface area contributed by atoms with Gasteiger partial charge in [0.05, 0.1) is 0 Å². The van der Waals surface area contributed by atoms with E-state index >= 15 is 0 Å². The zero-order chi connectivity index (χ0) is 14.7. The molecule has 1 unspecified atom stereocenters. The number of Topliss-reactive ketones (excluding diaryl/α,β-unsaturated/α-hetero) is 1. The van der Waals surface area contributed by atoms with Crippen molar-refractivity contribution in [1.29, 1.82) is 0 Å². The van der Waals surface area contributed by atoms with Crippen LogP contribution in [0.5, 0.6) is 0 Å². The molecule has 0 spiro atoms. The third-order valence-electron chi connectivity index (χ3n) is 4.00. The lowest BCUT2D eigenvalue weighted by atomic mass is 9.86. The number of ketones is 1. The van der Waals surface area contributed by atoms with Crippen molar-refractivity contribution in [2.75, 3.05) is 13.6 Å². The minimum absolute atomic E-state index is 0.146. The number of carbonyl (C=O) groups is 1. The Bertz CT molecular complexity index is 516. The molecule has 0 amide bonds. The predicted octanol–water partition coefficient (Wildman–Crippen LogP) is 4.08. The highest BCUT2D eigenvalue weighted by molar-refractivity contribution is 6.22. The largest absolute Gasteiger partial charge is 0.379 e. The minimum Gasteiger partial charge on any atom is -0.379 e. The van der Waals surface area contributed by atoms with E-state index in [4.69, 9.17) is 0 Å². The normalized spacial score (nSPS) is 19.4. The van der Waals surface area contributed by atoms with Crippen LogP contribution in [0.4, 0.5) is 0 Å². The molecule has 1 aliphatic rings. The van der Waals surface area contributed by atoms with Crippen LogP contribution in [0.1, 0.15) is 50.7 Å². The lowest BCUT2D eigenvalue weighted by Gasteiger charge is -2.29. The monoisotopic (exact) mass is 271 g/mol. The summed E-state index contributed by atoms with van der Waals surface area (Å²) in [5.74, 6) is 0.942. The van der Waals surface area contributed by atoms with E-state index in [0.29, 0.717) is 11.7 Å². The predicted molar refractivity (Wildman–Crippen MR) is 84.5 cm³/mol. The Morgan fingerprint density at radius 3 is 2.75 bits per heavy atom. The van der Waals surface area contributed by atoms with Gasteiger partial charge in [0.15, 0.2) is 5.78 Å². The van der Waals surface area contributed by atoms with E-state index in [1.807, 2.05) is 6.20 Å². The number of carbonyl (C=O) groups excluding carboxylic acids is 1. The fourth-order valence-corrected chi connectivity index (χ4v) is 2.84. The molecule has 0 saturated carbocycles. The fourth-order valence-electron chi connectivity index (χ4n) is 2.84. The van der Waals surface area contributed by atoms with Gasteiger partial charge in [0.2, 0.25) is 0 Å². The Morgan fingerprint density at radius 1 is 1.35 bits per heavy atom. The van der Waals surface area contributed by atoms with Gasteiger partial charge in [-0.1, -0.05) is 51.5 Å². The van der Waals surface area contributed by atoms with E-state index in [1.54, 1.807) is 0 Å². The molecule has 2 nitrogen and oxygen atoms in total. The van der Waals surface area contributed by atoms with Gasteiger partial charge in [-0.05, 0) is 23.5 Å². The summed E-state index contributed by atoms with van der Waals surface area (Å²) < 4.78 is 0. The van der Waals surface area contributed by atoms with E-state index in [0.717, 1.165) is 30.5 Å². The second-order valence-electron chi connectivity index (χ2n) is 6.11. The van der Waals surface area contributed by atoms with Crippen molar-refractivity contribution in [3.05, 3.63) is 41.6 Å². The maximum Gasteiger partial charge on any atom is 0.169 e. The van der Waals surface area contributed by atoms with Crippen LogP contribution >= 0.6 is 0 Å². The quantitative estimate of drug-likeness (QED) is 0.822. The molecule has 1 atom stereocenters. The summed E-state index contributed by atoms with van der Waals surface area (Å²) in [6, 6.07) is 8.41. The second-order valence-corrected chi connectivity index (χ2v) is 6.11. The smallest absolute Gasteiger partial charge is 0.169 e. The molecule has 0 aliphatic carbocycles. The van der Waals surface area contributed by atoms with Crippen molar-refractivity contribution in [2.45, 2.75) is 39.5 Å². The molecule has 2 rings (SSSR count). The number of rotatable bonds is 4. The van der Waals surface area contributed by atoms with Crippen LogP contribution in [-0.4, -0.2) is 24.3 Å². The van der Waals surface area contributed by atoms with Gasteiger partial charge < -0.3 is 4.90 Å². The van der Waals surface area contributed by atoms with Crippen LogP contribution in [0.15, 0.2) is 30.5 Å². The number of allylic oxidation sites excluding steroid dienone is 1. The third kappa shape index (κ3) is 3.12.